The molecule has 0 unspecified atom stereocenters. The van der Waals surface area contributed by atoms with Gasteiger partial charge >= 0.3 is 6.03 Å². The molecule has 2 heterocycles. The van der Waals surface area contributed by atoms with Crippen LogP contribution in [0.2, 0.25) is 5.02 Å². The molecule has 0 saturated carbocycles. The molecule has 1 aromatic heterocycles. The van der Waals surface area contributed by atoms with Gasteiger partial charge in [-0.25, -0.2) is 9.18 Å². The van der Waals surface area contributed by atoms with Gasteiger partial charge in [-0.15, -0.1) is 0 Å². The van der Waals surface area contributed by atoms with Crippen LogP contribution in [-0.4, -0.2) is 34.2 Å². The van der Waals surface area contributed by atoms with Crippen molar-refractivity contribution in [2.45, 2.75) is 38.6 Å². The number of urea groups is 1. The highest BCUT2D eigenvalue weighted by Gasteiger charge is 2.27. The largest absolute Gasteiger partial charge is 0.339 e. The van der Waals surface area contributed by atoms with E-state index >= 15 is 0 Å². The van der Waals surface area contributed by atoms with Crippen molar-refractivity contribution in [3.63, 3.8) is 0 Å². The van der Waals surface area contributed by atoms with Crippen molar-refractivity contribution < 1.29 is 13.7 Å². The minimum absolute atomic E-state index is 0.0502. The van der Waals surface area contributed by atoms with Gasteiger partial charge in [0.1, 0.15) is 5.82 Å². The Hall–Kier alpha value is -2.15. The smallest absolute Gasteiger partial charge is 0.317 e. The number of aryl methyl sites for hydroxylation is 1. The first-order valence-electron chi connectivity index (χ1n) is 8.24. The molecule has 1 atom stereocenters. The fourth-order valence-electron chi connectivity index (χ4n) is 2.95. The van der Waals surface area contributed by atoms with E-state index in [0.717, 1.165) is 18.4 Å². The van der Waals surface area contributed by atoms with Crippen molar-refractivity contribution >= 4 is 17.6 Å². The first-order valence-corrected chi connectivity index (χ1v) is 8.62. The van der Waals surface area contributed by atoms with Crippen molar-refractivity contribution in [3.05, 3.63) is 46.3 Å². The average Bonchev–Trinajstić information content (AvgIpc) is 3.04. The van der Waals surface area contributed by atoms with Gasteiger partial charge in [0.2, 0.25) is 5.89 Å². The Morgan fingerprint density at radius 2 is 2.16 bits per heavy atom. The number of nitrogens with one attached hydrogen (secondary N) is 1. The molecule has 0 bridgehead atoms. The Bertz CT molecular complexity index is 759. The van der Waals surface area contributed by atoms with Gasteiger partial charge in [-0.05, 0) is 44.4 Å². The number of likely N-dealkylation sites (tertiary alicyclic amines) is 1. The fourth-order valence-corrected chi connectivity index (χ4v) is 3.14. The zero-order valence-corrected chi connectivity index (χ0v) is 14.9. The van der Waals surface area contributed by atoms with Crippen LogP contribution in [0.3, 0.4) is 0 Å². The molecule has 25 heavy (non-hydrogen) atoms. The highest BCUT2D eigenvalue weighted by Crippen LogP contribution is 2.27. The second kappa shape index (κ2) is 7.39. The maximum absolute atomic E-state index is 13.2. The minimum atomic E-state index is -0.470. The molecule has 134 valence electrons. The Kier molecular flexibility index (Phi) is 5.22. The maximum Gasteiger partial charge on any atom is 0.317 e. The van der Waals surface area contributed by atoms with E-state index in [9.17, 15) is 9.18 Å². The summed E-state index contributed by atoms with van der Waals surface area (Å²) in [5.74, 6) is 0.995. The normalized spacial score (nSPS) is 16.7. The van der Waals surface area contributed by atoms with E-state index < -0.39 is 5.82 Å². The minimum Gasteiger partial charge on any atom is -0.339 e. The quantitative estimate of drug-likeness (QED) is 0.896. The first-order chi connectivity index (χ1) is 11.9. The molecule has 3 rings (SSSR count). The summed E-state index contributed by atoms with van der Waals surface area (Å²) in [7, 11) is 0. The second-order valence-corrected chi connectivity index (χ2v) is 6.69. The molecule has 0 radical (unpaired) electrons. The van der Waals surface area contributed by atoms with Crippen molar-refractivity contribution in [3.8, 4) is 0 Å². The van der Waals surface area contributed by atoms with E-state index in [-0.39, 0.29) is 23.0 Å². The Labute approximate surface area is 150 Å². The lowest BCUT2D eigenvalue weighted by Gasteiger charge is -2.31. The van der Waals surface area contributed by atoms with Crippen molar-refractivity contribution in [2.75, 3.05) is 13.1 Å². The van der Waals surface area contributed by atoms with Gasteiger partial charge in [-0.2, -0.15) is 4.98 Å². The van der Waals surface area contributed by atoms with Crippen LogP contribution in [0.4, 0.5) is 9.18 Å². The zero-order valence-electron chi connectivity index (χ0n) is 14.1. The molecule has 2 aromatic rings. The van der Waals surface area contributed by atoms with Crippen LogP contribution in [0.5, 0.6) is 0 Å². The summed E-state index contributed by atoms with van der Waals surface area (Å²) in [5, 5.41) is 6.79. The van der Waals surface area contributed by atoms with Crippen molar-refractivity contribution in [1.29, 1.82) is 0 Å². The topological polar surface area (TPSA) is 71.3 Å². The average molecular weight is 367 g/mol. The molecular formula is C17H20ClFN4O2. The van der Waals surface area contributed by atoms with Gasteiger partial charge in [0.05, 0.1) is 11.1 Å². The number of carbonyl (C=O) groups is 1. The predicted octanol–water partition coefficient (Wildman–Crippen LogP) is 3.82. The summed E-state index contributed by atoms with van der Waals surface area (Å²) in [6.07, 6.45) is 1.57. The molecule has 1 saturated heterocycles. The summed E-state index contributed by atoms with van der Waals surface area (Å²) >= 11 is 5.80. The summed E-state index contributed by atoms with van der Waals surface area (Å²) in [6, 6.07) is 4.05. The third-order valence-corrected chi connectivity index (χ3v) is 4.75. The van der Waals surface area contributed by atoms with Crippen LogP contribution in [-0.2, 0) is 0 Å². The maximum atomic E-state index is 13.2. The molecule has 6 nitrogen and oxygen atoms in total. The number of aromatic nitrogens is 2. The van der Waals surface area contributed by atoms with Crippen LogP contribution in [0, 0.1) is 12.7 Å². The number of rotatable bonds is 3. The molecule has 8 heteroatoms. The molecule has 1 aromatic carbocycles. The Morgan fingerprint density at radius 3 is 2.76 bits per heavy atom. The lowest BCUT2D eigenvalue weighted by atomic mass is 9.97. The van der Waals surface area contributed by atoms with E-state index in [1.165, 1.54) is 12.1 Å². The number of piperidine rings is 1. The summed E-state index contributed by atoms with van der Waals surface area (Å²) < 4.78 is 18.5. The predicted molar refractivity (Wildman–Crippen MR) is 90.9 cm³/mol. The number of hydrogen-bond donors (Lipinski definition) is 1. The summed E-state index contributed by atoms with van der Waals surface area (Å²) in [5.41, 5.74) is 0.760. The van der Waals surface area contributed by atoms with Gasteiger partial charge in [0, 0.05) is 19.0 Å². The van der Waals surface area contributed by atoms with Crippen molar-refractivity contribution in [2.24, 2.45) is 0 Å². The molecule has 0 aliphatic carbocycles. The van der Waals surface area contributed by atoms with Crippen molar-refractivity contribution in [1.82, 2.24) is 20.4 Å². The highest BCUT2D eigenvalue weighted by molar-refractivity contribution is 6.30. The van der Waals surface area contributed by atoms with Crippen LogP contribution in [0.15, 0.2) is 22.7 Å². The number of hydrogen-bond acceptors (Lipinski definition) is 4. The fraction of sp³-hybridized carbons (Fsp3) is 0.471. The van der Waals surface area contributed by atoms with E-state index in [2.05, 4.69) is 15.5 Å². The monoisotopic (exact) mass is 366 g/mol. The van der Waals surface area contributed by atoms with Crippen LogP contribution in [0.25, 0.3) is 0 Å². The Morgan fingerprint density at radius 1 is 1.44 bits per heavy atom. The van der Waals surface area contributed by atoms with E-state index in [1.54, 1.807) is 17.9 Å². The lowest BCUT2D eigenvalue weighted by Crippen LogP contribution is -2.44. The summed E-state index contributed by atoms with van der Waals surface area (Å²) in [4.78, 5) is 18.5. The number of amides is 2. The Balaban J connectivity index is 1.54. The van der Waals surface area contributed by atoms with Gasteiger partial charge in [0.25, 0.3) is 0 Å². The van der Waals surface area contributed by atoms with Gasteiger partial charge in [-0.3, -0.25) is 0 Å². The highest BCUT2D eigenvalue weighted by atomic mass is 35.5. The molecule has 1 aliphatic heterocycles. The summed E-state index contributed by atoms with van der Waals surface area (Å²) in [6.45, 7) is 4.87. The van der Waals surface area contributed by atoms with Crippen LogP contribution < -0.4 is 5.32 Å². The molecular weight excluding hydrogens is 347 g/mol. The standard InChI is InChI=1S/C17H20ClFN4O2/c1-10(13-3-4-15(19)14(18)9-13)20-17(24)23-7-5-12(6-8-23)16-21-11(2)22-25-16/h3-4,9-10,12H,5-8H2,1-2H3,(H,20,24)/t10-/m1/s1. The third kappa shape index (κ3) is 4.10. The van der Waals surface area contributed by atoms with Crippen LogP contribution in [0.1, 0.15) is 49.0 Å². The van der Waals surface area contributed by atoms with Gasteiger partial charge in [-0.1, -0.05) is 22.8 Å². The van der Waals surface area contributed by atoms with E-state index in [0.29, 0.717) is 24.8 Å². The van der Waals surface area contributed by atoms with Crippen LogP contribution >= 0.6 is 11.6 Å². The molecule has 1 aliphatic rings. The SMILES string of the molecule is Cc1noc(C2CCN(C(=O)N[C@H](C)c3ccc(F)c(Cl)c3)CC2)n1. The van der Waals surface area contributed by atoms with E-state index in [4.69, 9.17) is 16.1 Å². The number of benzene rings is 1. The number of halogens is 2. The zero-order chi connectivity index (χ0) is 18.0. The second-order valence-electron chi connectivity index (χ2n) is 6.29. The molecule has 1 fully saturated rings. The van der Waals surface area contributed by atoms with Gasteiger partial charge < -0.3 is 14.7 Å². The third-order valence-electron chi connectivity index (χ3n) is 4.46. The molecule has 0 spiro atoms. The van der Waals surface area contributed by atoms with Gasteiger partial charge in [0.15, 0.2) is 5.82 Å². The van der Waals surface area contributed by atoms with E-state index in [1.807, 2.05) is 6.92 Å². The molecule has 2 amide bonds. The number of carbonyl (C=O) groups excluding carboxylic acids is 1. The first kappa shape index (κ1) is 17.7. The number of nitrogens with zero attached hydrogens (tertiary/aromatic N) is 3. The molecule has 1 N–H and O–H groups in total. The lowest BCUT2D eigenvalue weighted by molar-refractivity contribution is 0.172.